The van der Waals surface area contributed by atoms with E-state index in [9.17, 15) is 9.18 Å². The Hall–Kier alpha value is -1.97. The molecule has 0 radical (unpaired) electrons. The number of carbonyl (C=O) groups excluding carboxylic acids is 1. The summed E-state index contributed by atoms with van der Waals surface area (Å²) in [6, 6.07) is 4.55. The number of rotatable bonds is 2. The van der Waals surface area contributed by atoms with Gasteiger partial charge in [-0.05, 0) is 24.6 Å². The first-order valence-electron chi connectivity index (χ1n) is 4.87. The Bertz CT molecular complexity index is 526. The van der Waals surface area contributed by atoms with Crippen molar-refractivity contribution in [3.63, 3.8) is 0 Å². The van der Waals surface area contributed by atoms with Gasteiger partial charge < -0.3 is 0 Å². The third kappa shape index (κ3) is 1.62. The largest absolute Gasteiger partial charge is 0.298 e. The van der Waals surface area contributed by atoms with Crippen LogP contribution in [0.15, 0.2) is 24.4 Å². The molecule has 1 heterocycles. The number of hydrogen-bond acceptors (Lipinski definition) is 2. The molecule has 0 unspecified atom stereocenters. The van der Waals surface area contributed by atoms with Gasteiger partial charge in [0.2, 0.25) is 0 Å². The molecule has 1 aromatic heterocycles. The highest BCUT2D eigenvalue weighted by atomic mass is 19.1. The first-order valence-corrected chi connectivity index (χ1v) is 4.87. The van der Waals surface area contributed by atoms with Crippen molar-refractivity contribution in [1.29, 1.82) is 0 Å². The molecule has 0 saturated heterocycles. The van der Waals surface area contributed by atoms with Gasteiger partial charge >= 0.3 is 0 Å². The highest BCUT2D eigenvalue weighted by Gasteiger charge is 2.10. The molecule has 0 amide bonds. The molecule has 2 rings (SSSR count). The summed E-state index contributed by atoms with van der Waals surface area (Å²) in [4.78, 5) is 10.5. The summed E-state index contributed by atoms with van der Waals surface area (Å²) in [7, 11) is 1.80. The van der Waals surface area contributed by atoms with Gasteiger partial charge in [-0.2, -0.15) is 5.10 Å². The molecular weight excluding hydrogens is 207 g/mol. The molecule has 0 saturated carbocycles. The van der Waals surface area contributed by atoms with Crippen molar-refractivity contribution < 1.29 is 9.18 Å². The summed E-state index contributed by atoms with van der Waals surface area (Å²) in [5, 5.41) is 4.09. The van der Waals surface area contributed by atoms with Gasteiger partial charge in [0.1, 0.15) is 5.82 Å². The molecule has 0 bridgehead atoms. The second kappa shape index (κ2) is 3.89. The van der Waals surface area contributed by atoms with Gasteiger partial charge in [-0.15, -0.1) is 0 Å². The van der Waals surface area contributed by atoms with Gasteiger partial charge in [0.05, 0.1) is 17.5 Å². The van der Waals surface area contributed by atoms with Crippen molar-refractivity contribution in [3.8, 4) is 11.3 Å². The highest BCUT2D eigenvalue weighted by Crippen LogP contribution is 2.23. The van der Waals surface area contributed by atoms with Crippen LogP contribution in [-0.4, -0.2) is 16.1 Å². The van der Waals surface area contributed by atoms with E-state index < -0.39 is 5.82 Å². The zero-order valence-electron chi connectivity index (χ0n) is 9.07. The van der Waals surface area contributed by atoms with E-state index in [1.807, 2.05) is 6.92 Å². The standard InChI is InChI=1S/C12H11FN2O/c1-8-6-14-15(2)12(8)9-3-4-10(7-16)11(13)5-9/h3-7H,1-2H3. The maximum atomic E-state index is 13.4. The van der Waals surface area contributed by atoms with Crippen molar-refractivity contribution in [1.82, 2.24) is 9.78 Å². The van der Waals surface area contributed by atoms with Gasteiger partial charge in [0.25, 0.3) is 0 Å². The average molecular weight is 218 g/mol. The Morgan fingerprint density at radius 2 is 2.19 bits per heavy atom. The molecule has 0 fully saturated rings. The van der Waals surface area contributed by atoms with E-state index in [2.05, 4.69) is 5.10 Å². The van der Waals surface area contributed by atoms with Gasteiger partial charge in [-0.3, -0.25) is 9.48 Å². The minimum Gasteiger partial charge on any atom is -0.298 e. The quantitative estimate of drug-likeness (QED) is 0.725. The topological polar surface area (TPSA) is 34.9 Å². The molecule has 1 aromatic carbocycles. The van der Waals surface area contributed by atoms with Gasteiger partial charge in [0, 0.05) is 12.6 Å². The normalized spacial score (nSPS) is 10.4. The van der Waals surface area contributed by atoms with E-state index in [0.29, 0.717) is 6.29 Å². The smallest absolute Gasteiger partial charge is 0.152 e. The summed E-state index contributed by atoms with van der Waals surface area (Å²) < 4.78 is 15.1. The average Bonchev–Trinajstić information content (AvgIpc) is 2.58. The van der Waals surface area contributed by atoms with Crippen LogP contribution in [0.5, 0.6) is 0 Å². The lowest BCUT2D eigenvalue weighted by atomic mass is 10.1. The molecular formula is C12H11FN2O. The summed E-state index contributed by atoms with van der Waals surface area (Å²) in [5.74, 6) is -0.506. The van der Waals surface area contributed by atoms with Crippen LogP contribution in [0.25, 0.3) is 11.3 Å². The number of benzene rings is 1. The van der Waals surface area contributed by atoms with Crippen molar-refractivity contribution in [3.05, 3.63) is 41.3 Å². The van der Waals surface area contributed by atoms with E-state index in [4.69, 9.17) is 0 Å². The van der Waals surface area contributed by atoms with Gasteiger partial charge in [0.15, 0.2) is 6.29 Å². The number of carbonyl (C=O) groups is 1. The Morgan fingerprint density at radius 1 is 1.44 bits per heavy atom. The maximum Gasteiger partial charge on any atom is 0.152 e. The molecule has 2 aromatic rings. The van der Waals surface area contributed by atoms with Crippen LogP contribution in [0.1, 0.15) is 15.9 Å². The zero-order chi connectivity index (χ0) is 11.7. The van der Waals surface area contributed by atoms with Crippen LogP contribution in [0.3, 0.4) is 0 Å². The third-order valence-corrected chi connectivity index (χ3v) is 2.52. The lowest BCUT2D eigenvalue weighted by Gasteiger charge is -2.05. The summed E-state index contributed by atoms with van der Waals surface area (Å²) >= 11 is 0. The Kier molecular flexibility index (Phi) is 2.56. The molecule has 16 heavy (non-hydrogen) atoms. The molecule has 3 nitrogen and oxygen atoms in total. The molecule has 82 valence electrons. The van der Waals surface area contributed by atoms with E-state index in [-0.39, 0.29) is 5.56 Å². The van der Waals surface area contributed by atoms with Crippen LogP contribution in [-0.2, 0) is 7.05 Å². The number of hydrogen-bond donors (Lipinski definition) is 0. The van der Waals surface area contributed by atoms with Gasteiger partial charge in [-0.1, -0.05) is 6.07 Å². The molecule has 0 aliphatic rings. The van der Waals surface area contributed by atoms with E-state index in [0.717, 1.165) is 16.8 Å². The van der Waals surface area contributed by atoms with E-state index in [1.54, 1.807) is 24.0 Å². The fraction of sp³-hybridized carbons (Fsp3) is 0.167. The van der Waals surface area contributed by atoms with E-state index in [1.165, 1.54) is 12.1 Å². The summed E-state index contributed by atoms with van der Waals surface area (Å²) in [6.45, 7) is 1.91. The summed E-state index contributed by atoms with van der Waals surface area (Å²) in [6.07, 6.45) is 2.23. The Labute approximate surface area is 92.5 Å². The van der Waals surface area contributed by atoms with Crippen LogP contribution >= 0.6 is 0 Å². The molecule has 0 atom stereocenters. The Morgan fingerprint density at radius 3 is 2.69 bits per heavy atom. The molecule has 4 heteroatoms. The fourth-order valence-corrected chi connectivity index (χ4v) is 1.73. The van der Waals surface area contributed by atoms with Crippen LogP contribution in [0.4, 0.5) is 4.39 Å². The number of aryl methyl sites for hydroxylation is 2. The number of nitrogens with zero attached hydrogens (tertiary/aromatic N) is 2. The summed E-state index contributed by atoms with van der Waals surface area (Å²) in [5.41, 5.74) is 2.63. The number of aldehydes is 1. The zero-order valence-corrected chi connectivity index (χ0v) is 9.07. The second-order valence-corrected chi connectivity index (χ2v) is 3.65. The monoisotopic (exact) mass is 218 g/mol. The third-order valence-electron chi connectivity index (χ3n) is 2.52. The fourth-order valence-electron chi connectivity index (χ4n) is 1.73. The van der Waals surface area contributed by atoms with Crippen molar-refractivity contribution in [2.24, 2.45) is 7.05 Å². The molecule has 0 N–H and O–H groups in total. The number of halogens is 1. The first kappa shape index (κ1) is 10.5. The lowest BCUT2D eigenvalue weighted by Crippen LogP contribution is -1.96. The SMILES string of the molecule is Cc1cnn(C)c1-c1ccc(C=O)c(F)c1. The predicted octanol–water partition coefficient (Wildman–Crippen LogP) is 2.35. The van der Waals surface area contributed by atoms with Crippen molar-refractivity contribution >= 4 is 6.29 Å². The Balaban J connectivity index is 2.57. The van der Waals surface area contributed by atoms with Gasteiger partial charge in [-0.25, -0.2) is 4.39 Å². The lowest BCUT2D eigenvalue weighted by molar-refractivity contribution is 0.112. The van der Waals surface area contributed by atoms with Crippen LogP contribution < -0.4 is 0 Å². The minimum absolute atomic E-state index is 0.0728. The van der Waals surface area contributed by atoms with Crippen molar-refractivity contribution in [2.45, 2.75) is 6.92 Å². The maximum absolute atomic E-state index is 13.4. The van der Waals surface area contributed by atoms with Crippen LogP contribution in [0, 0.1) is 12.7 Å². The second-order valence-electron chi connectivity index (χ2n) is 3.65. The number of aromatic nitrogens is 2. The highest BCUT2D eigenvalue weighted by molar-refractivity contribution is 5.77. The first-order chi connectivity index (χ1) is 7.63. The van der Waals surface area contributed by atoms with E-state index >= 15 is 0 Å². The minimum atomic E-state index is -0.506. The molecule has 0 aliphatic heterocycles. The molecule has 0 aliphatic carbocycles. The van der Waals surface area contributed by atoms with Crippen LogP contribution in [0.2, 0.25) is 0 Å². The molecule has 0 spiro atoms. The van der Waals surface area contributed by atoms with Crippen molar-refractivity contribution in [2.75, 3.05) is 0 Å². The predicted molar refractivity (Wildman–Crippen MR) is 58.7 cm³/mol.